The lowest BCUT2D eigenvalue weighted by Crippen LogP contribution is -2.28. The Labute approximate surface area is 168 Å². The van der Waals surface area contributed by atoms with Gasteiger partial charge in [-0.25, -0.2) is 4.98 Å². The van der Waals surface area contributed by atoms with Gasteiger partial charge in [-0.1, -0.05) is 12.1 Å². The van der Waals surface area contributed by atoms with Crippen molar-refractivity contribution in [2.45, 2.75) is 19.4 Å². The number of ether oxygens (including phenoxy) is 2. The van der Waals surface area contributed by atoms with Gasteiger partial charge in [-0.05, 0) is 49.6 Å². The monoisotopic (exact) mass is 396 g/mol. The Kier molecular flexibility index (Phi) is 4.93. The van der Waals surface area contributed by atoms with Crippen LogP contribution in [0.2, 0.25) is 0 Å². The first-order valence-corrected chi connectivity index (χ1v) is 10.7. The summed E-state index contributed by atoms with van der Waals surface area (Å²) in [7, 11) is 0. The van der Waals surface area contributed by atoms with Crippen molar-refractivity contribution in [3.8, 4) is 22.1 Å². The summed E-state index contributed by atoms with van der Waals surface area (Å²) in [4.78, 5) is 7.17. The van der Waals surface area contributed by atoms with Crippen molar-refractivity contribution in [3.63, 3.8) is 0 Å². The molecule has 3 heterocycles. The summed E-state index contributed by atoms with van der Waals surface area (Å²) in [6.07, 6.45) is 2.32. The molecular formula is C22H24N2O3S. The van der Waals surface area contributed by atoms with E-state index in [1.54, 1.807) is 17.4 Å². The van der Waals surface area contributed by atoms with Crippen LogP contribution >= 0.6 is 11.3 Å². The van der Waals surface area contributed by atoms with Crippen molar-refractivity contribution in [3.05, 3.63) is 42.0 Å². The molecule has 1 saturated heterocycles. The number of rotatable bonds is 4. The summed E-state index contributed by atoms with van der Waals surface area (Å²) in [5.41, 5.74) is 2.98. The van der Waals surface area contributed by atoms with Crippen LogP contribution in [-0.4, -0.2) is 47.9 Å². The quantitative estimate of drug-likeness (QED) is 0.713. The predicted molar refractivity (Wildman–Crippen MR) is 111 cm³/mol. The van der Waals surface area contributed by atoms with Crippen molar-refractivity contribution in [2.75, 3.05) is 32.9 Å². The van der Waals surface area contributed by atoms with Gasteiger partial charge in [0.05, 0.1) is 10.2 Å². The normalized spacial score (nSPS) is 20.1. The van der Waals surface area contributed by atoms with E-state index in [-0.39, 0.29) is 5.75 Å². The fourth-order valence-corrected chi connectivity index (χ4v) is 4.99. The molecule has 0 bridgehead atoms. The first-order valence-electron chi connectivity index (χ1n) is 9.91. The lowest BCUT2D eigenvalue weighted by molar-refractivity contribution is 0.174. The second-order valence-corrected chi connectivity index (χ2v) is 8.64. The second-order valence-electron chi connectivity index (χ2n) is 7.61. The van der Waals surface area contributed by atoms with Crippen molar-refractivity contribution >= 4 is 21.6 Å². The SMILES string of the molecule is Oc1cc(-c2nc3ccccc3s2)cc2c1OCCN(CC[C@@H]1CCOC1)C2. The molecule has 0 radical (unpaired) electrons. The fraction of sp³-hybridized carbons (Fsp3) is 0.409. The Hall–Kier alpha value is -2.15. The van der Waals surface area contributed by atoms with Gasteiger partial charge in [0.2, 0.25) is 0 Å². The number of nitrogens with zero attached hydrogens (tertiary/aromatic N) is 2. The molecule has 2 aliphatic heterocycles. The number of aromatic nitrogens is 1. The van der Waals surface area contributed by atoms with Crippen molar-refractivity contribution in [2.24, 2.45) is 5.92 Å². The van der Waals surface area contributed by atoms with E-state index in [1.165, 1.54) is 6.42 Å². The zero-order valence-electron chi connectivity index (χ0n) is 15.8. The zero-order chi connectivity index (χ0) is 18.9. The molecular weight excluding hydrogens is 372 g/mol. The molecule has 0 saturated carbocycles. The molecule has 28 heavy (non-hydrogen) atoms. The van der Waals surface area contributed by atoms with Crippen molar-refractivity contribution < 1.29 is 14.6 Å². The molecule has 6 heteroatoms. The molecule has 1 aromatic heterocycles. The summed E-state index contributed by atoms with van der Waals surface area (Å²) in [5, 5.41) is 11.5. The van der Waals surface area contributed by atoms with E-state index in [9.17, 15) is 5.11 Å². The molecule has 146 valence electrons. The second kappa shape index (κ2) is 7.70. The van der Waals surface area contributed by atoms with Gasteiger partial charge in [0.25, 0.3) is 0 Å². The molecule has 0 unspecified atom stereocenters. The third kappa shape index (κ3) is 3.60. The highest BCUT2D eigenvalue weighted by atomic mass is 32.1. The summed E-state index contributed by atoms with van der Waals surface area (Å²) in [6.45, 7) is 5.08. The highest BCUT2D eigenvalue weighted by Gasteiger charge is 2.22. The van der Waals surface area contributed by atoms with E-state index in [2.05, 4.69) is 17.0 Å². The van der Waals surface area contributed by atoms with Gasteiger partial charge in [0.1, 0.15) is 11.6 Å². The third-order valence-corrected chi connectivity index (χ3v) is 6.70. The number of aromatic hydroxyl groups is 1. The van der Waals surface area contributed by atoms with Gasteiger partial charge in [0.15, 0.2) is 11.5 Å². The number of hydrogen-bond donors (Lipinski definition) is 1. The standard InChI is InChI=1S/C22H24N2O3S/c25-19-12-16(22-23-18-3-1-2-4-20(18)28-22)11-17-13-24(8-10-27-21(17)19)7-5-15-6-9-26-14-15/h1-4,11-12,15,25H,5-10,13-14H2/t15-/m1/s1. The maximum Gasteiger partial charge on any atom is 0.165 e. The Morgan fingerprint density at radius 3 is 3.00 bits per heavy atom. The Balaban J connectivity index is 1.41. The predicted octanol–water partition coefficient (Wildman–Crippen LogP) is 4.29. The van der Waals surface area contributed by atoms with Gasteiger partial charge in [0, 0.05) is 37.4 Å². The summed E-state index contributed by atoms with van der Waals surface area (Å²) >= 11 is 1.65. The van der Waals surface area contributed by atoms with Crippen LogP contribution in [-0.2, 0) is 11.3 Å². The van der Waals surface area contributed by atoms with Gasteiger partial charge < -0.3 is 14.6 Å². The maximum absolute atomic E-state index is 10.6. The molecule has 1 fully saturated rings. The van der Waals surface area contributed by atoms with Gasteiger partial charge in [-0.3, -0.25) is 4.90 Å². The minimum atomic E-state index is 0.206. The van der Waals surface area contributed by atoms with Gasteiger partial charge in [-0.2, -0.15) is 0 Å². The highest BCUT2D eigenvalue weighted by Crippen LogP contribution is 2.39. The Morgan fingerprint density at radius 1 is 1.21 bits per heavy atom. The number of phenols is 1. The number of hydrogen-bond acceptors (Lipinski definition) is 6. The summed E-state index contributed by atoms with van der Waals surface area (Å²) in [6, 6.07) is 12.0. The number of para-hydroxylation sites is 1. The highest BCUT2D eigenvalue weighted by molar-refractivity contribution is 7.21. The molecule has 1 atom stereocenters. The third-order valence-electron chi connectivity index (χ3n) is 5.61. The van der Waals surface area contributed by atoms with Crippen LogP contribution in [0, 0.1) is 5.92 Å². The molecule has 5 rings (SSSR count). The number of fused-ring (bicyclic) bond motifs is 2. The molecule has 0 amide bonds. The largest absolute Gasteiger partial charge is 0.504 e. The molecule has 2 aromatic carbocycles. The smallest absolute Gasteiger partial charge is 0.165 e. The summed E-state index contributed by atoms with van der Waals surface area (Å²) in [5.74, 6) is 1.50. The molecule has 2 aliphatic rings. The first kappa shape index (κ1) is 17.9. The Bertz CT molecular complexity index is 948. The van der Waals surface area contributed by atoms with E-state index < -0.39 is 0 Å². The zero-order valence-corrected chi connectivity index (χ0v) is 16.6. The fourth-order valence-electron chi connectivity index (χ4n) is 4.04. The number of phenolic OH excluding ortho intramolecular Hbond substituents is 1. The number of thiazole rings is 1. The van der Waals surface area contributed by atoms with Crippen LogP contribution in [0.4, 0.5) is 0 Å². The van der Waals surface area contributed by atoms with Crippen LogP contribution in [0.5, 0.6) is 11.5 Å². The lowest BCUT2D eigenvalue weighted by atomic mass is 10.0. The first-order chi connectivity index (χ1) is 13.8. The lowest BCUT2D eigenvalue weighted by Gasteiger charge is -2.21. The van der Waals surface area contributed by atoms with Crippen LogP contribution in [0.1, 0.15) is 18.4 Å². The van der Waals surface area contributed by atoms with Crippen molar-refractivity contribution in [1.29, 1.82) is 0 Å². The topological polar surface area (TPSA) is 54.8 Å². The minimum absolute atomic E-state index is 0.206. The molecule has 3 aromatic rings. The van der Waals surface area contributed by atoms with Crippen molar-refractivity contribution in [1.82, 2.24) is 9.88 Å². The number of benzene rings is 2. The molecule has 1 N–H and O–H groups in total. The van der Waals surface area contributed by atoms with Crippen LogP contribution < -0.4 is 4.74 Å². The van der Waals surface area contributed by atoms with E-state index >= 15 is 0 Å². The van der Waals surface area contributed by atoms with E-state index in [0.29, 0.717) is 18.3 Å². The van der Waals surface area contributed by atoms with Crippen LogP contribution in [0.3, 0.4) is 0 Å². The Morgan fingerprint density at radius 2 is 2.14 bits per heavy atom. The molecule has 0 aliphatic carbocycles. The molecule has 5 nitrogen and oxygen atoms in total. The summed E-state index contributed by atoms with van der Waals surface area (Å²) < 4.78 is 12.6. The minimum Gasteiger partial charge on any atom is -0.504 e. The average molecular weight is 397 g/mol. The van der Waals surface area contributed by atoms with Gasteiger partial charge >= 0.3 is 0 Å². The van der Waals surface area contributed by atoms with Gasteiger partial charge in [-0.15, -0.1) is 11.3 Å². The van der Waals surface area contributed by atoms with E-state index in [4.69, 9.17) is 14.5 Å². The van der Waals surface area contributed by atoms with Crippen LogP contribution in [0.25, 0.3) is 20.8 Å². The average Bonchev–Trinajstić information content (AvgIpc) is 3.32. The maximum atomic E-state index is 10.6. The van der Waals surface area contributed by atoms with E-state index in [1.807, 2.05) is 18.2 Å². The van der Waals surface area contributed by atoms with E-state index in [0.717, 1.165) is 65.6 Å². The van der Waals surface area contributed by atoms with Crippen LogP contribution in [0.15, 0.2) is 36.4 Å². The molecule has 0 spiro atoms.